The van der Waals surface area contributed by atoms with Gasteiger partial charge in [0.2, 0.25) is 0 Å². The van der Waals surface area contributed by atoms with E-state index in [1.807, 2.05) is 0 Å². The molecule has 2 aromatic rings. The van der Waals surface area contributed by atoms with E-state index in [0.717, 1.165) is 11.1 Å². The topological polar surface area (TPSA) is 37.8 Å². The Balaban J connectivity index is 2.07. The first kappa shape index (κ1) is 11.8. The Kier molecular flexibility index (Phi) is 3.28. The first-order chi connectivity index (χ1) is 8.05. The van der Waals surface area contributed by atoms with Crippen molar-refractivity contribution < 1.29 is 13.2 Å². The van der Waals surface area contributed by atoms with Crippen molar-refractivity contribution in [3.63, 3.8) is 0 Å². The summed E-state index contributed by atoms with van der Waals surface area (Å²) in [5, 5.41) is 5.39. The number of anilines is 1. The molecule has 0 aliphatic heterocycles. The van der Waals surface area contributed by atoms with Crippen LogP contribution in [0, 0.1) is 0 Å². The number of hydrogen-bond donors (Lipinski definition) is 1. The Labute approximate surface area is 99.3 Å². The van der Waals surface area contributed by atoms with Crippen LogP contribution >= 0.6 is 11.3 Å². The van der Waals surface area contributed by atoms with Crippen LogP contribution in [0.2, 0.25) is 0 Å². The first-order valence-electron chi connectivity index (χ1n) is 4.72. The molecule has 0 saturated heterocycles. The van der Waals surface area contributed by atoms with Crippen LogP contribution in [0.15, 0.2) is 29.8 Å². The second kappa shape index (κ2) is 4.70. The lowest BCUT2D eigenvalue weighted by atomic mass is 10.3. The summed E-state index contributed by atoms with van der Waals surface area (Å²) in [6.45, 7) is 0.367. The molecule has 0 amide bonds. The predicted octanol–water partition coefficient (Wildman–Crippen LogP) is 3.17. The maximum atomic E-state index is 12.4. The van der Waals surface area contributed by atoms with Crippen LogP contribution in [0.3, 0.4) is 0 Å². The van der Waals surface area contributed by atoms with Crippen molar-refractivity contribution in [3.05, 3.63) is 40.5 Å². The monoisotopic (exact) mass is 259 g/mol. The minimum absolute atomic E-state index is 0.190. The molecule has 0 atom stereocenters. The molecule has 2 rings (SSSR count). The highest BCUT2D eigenvalue weighted by Gasteiger charge is 2.32. The second-order valence-corrected chi connectivity index (χ2v) is 4.16. The van der Waals surface area contributed by atoms with E-state index in [1.165, 1.54) is 23.5 Å². The number of nitrogens with zero attached hydrogens (tertiary/aromatic N) is 2. The van der Waals surface area contributed by atoms with E-state index in [0.29, 0.717) is 6.54 Å². The quantitative estimate of drug-likeness (QED) is 0.920. The summed E-state index contributed by atoms with van der Waals surface area (Å²) in [4.78, 5) is 7.49. The van der Waals surface area contributed by atoms with Crippen LogP contribution in [-0.2, 0) is 12.7 Å². The maximum absolute atomic E-state index is 12.4. The number of halogens is 3. The Morgan fingerprint density at radius 2 is 2.12 bits per heavy atom. The standard InChI is InChI=1S/C10H8F3N3S/c11-10(12,13)7-2-1-3-8(16-7)15-6-9-14-4-5-17-9/h1-5H,6H2,(H,15,16). The van der Waals surface area contributed by atoms with Crippen LogP contribution in [0.25, 0.3) is 0 Å². The average Bonchev–Trinajstić information content (AvgIpc) is 2.78. The fraction of sp³-hybridized carbons (Fsp3) is 0.200. The number of alkyl halides is 3. The van der Waals surface area contributed by atoms with Gasteiger partial charge in [0, 0.05) is 11.6 Å². The van der Waals surface area contributed by atoms with Gasteiger partial charge in [0.05, 0.1) is 6.54 Å². The third-order valence-electron chi connectivity index (χ3n) is 1.94. The van der Waals surface area contributed by atoms with Crippen LogP contribution in [0.5, 0.6) is 0 Å². The van der Waals surface area contributed by atoms with Gasteiger partial charge in [-0.15, -0.1) is 11.3 Å². The zero-order valence-corrected chi connectivity index (χ0v) is 9.35. The van der Waals surface area contributed by atoms with Crippen molar-refractivity contribution in [1.29, 1.82) is 0 Å². The second-order valence-electron chi connectivity index (χ2n) is 3.19. The summed E-state index contributed by atoms with van der Waals surface area (Å²) >= 11 is 1.43. The fourth-order valence-electron chi connectivity index (χ4n) is 1.20. The molecule has 0 spiro atoms. The van der Waals surface area contributed by atoms with Crippen molar-refractivity contribution in [1.82, 2.24) is 9.97 Å². The normalized spacial score (nSPS) is 11.5. The lowest BCUT2D eigenvalue weighted by molar-refractivity contribution is -0.141. The van der Waals surface area contributed by atoms with E-state index in [9.17, 15) is 13.2 Å². The van der Waals surface area contributed by atoms with E-state index in [4.69, 9.17) is 0 Å². The molecule has 7 heteroatoms. The molecular weight excluding hydrogens is 251 g/mol. The molecule has 0 radical (unpaired) electrons. The Morgan fingerprint density at radius 1 is 1.29 bits per heavy atom. The van der Waals surface area contributed by atoms with Gasteiger partial charge >= 0.3 is 6.18 Å². The third-order valence-corrected chi connectivity index (χ3v) is 2.72. The minimum atomic E-state index is -4.42. The van der Waals surface area contributed by atoms with E-state index in [2.05, 4.69) is 15.3 Å². The Bertz CT molecular complexity index is 482. The largest absolute Gasteiger partial charge is 0.433 e. The first-order valence-corrected chi connectivity index (χ1v) is 5.60. The molecule has 0 fully saturated rings. The van der Waals surface area contributed by atoms with Gasteiger partial charge in [0.25, 0.3) is 0 Å². The molecule has 0 bridgehead atoms. The minimum Gasteiger partial charge on any atom is -0.364 e. The van der Waals surface area contributed by atoms with Gasteiger partial charge in [-0.2, -0.15) is 13.2 Å². The summed E-state index contributed by atoms with van der Waals surface area (Å²) in [6.07, 6.45) is -2.78. The van der Waals surface area contributed by atoms with Crippen molar-refractivity contribution in [2.24, 2.45) is 0 Å². The SMILES string of the molecule is FC(F)(F)c1cccc(NCc2nccs2)n1. The van der Waals surface area contributed by atoms with Gasteiger partial charge in [-0.25, -0.2) is 9.97 Å². The summed E-state index contributed by atoms with van der Waals surface area (Å²) in [7, 11) is 0. The van der Waals surface area contributed by atoms with E-state index in [1.54, 1.807) is 11.6 Å². The van der Waals surface area contributed by atoms with Crippen molar-refractivity contribution in [2.45, 2.75) is 12.7 Å². The van der Waals surface area contributed by atoms with E-state index < -0.39 is 11.9 Å². The molecule has 17 heavy (non-hydrogen) atoms. The zero-order valence-electron chi connectivity index (χ0n) is 8.53. The van der Waals surface area contributed by atoms with Crippen molar-refractivity contribution in [2.75, 3.05) is 5.32 Å². The molecule has 1 N–H and O–H groups in total. The van der Waals surface area contributed by atoms with Gasteiger partial charge in [0.15, 0.2) is 0 Å². The smallest absolute Gasteiger partial charge is 0.364 e. The number of thiazole rings is 1. The molecule has 0 aromatic carbocycles. The van der Waals surface area contributed by atoms with E-state index in [-0.39, 0.29) is 5.82 Å². The zero-order chi connectivity index (χ0) is 12.3. The fourth-order valence-corrected chi connectivity index (χ4v) is 1.75. The highest BCUT2D eigenvalue weighted by molar-refractivity contribution is 7.09. The maximum Gasteiger partial charge on any atom is 0.433 e. The Morgan fingerprint density at radius 3 is 2.76 bits per heavy atom. The molecule has 0 aliphatic carbocycles. The number of hydrogen-bond acceptors (Lipinski definition) is 4. The molecule has 0 saturated carbocycles. The lowest BCUT2D eigenvalue weighted by Gasteiger charge is -2.08. The third kappa shape index (κ3) is 3.16. The summed E-state index contributed by atoms with van der Waals surface area (Å²) in [5.74, 6) is 0.190. The molecule has 0 unspecified atom stereocenters. The Hall–Kier alpha value is -1.63. The van der Waals surface area contributed by atoms with Crippen LogP contribution in [-0.4, -0.2) is 9.97 Å². The van der Waals surface area contributed by atoms with E-state index >= 15 is 0 Å². The highest BCUT2D eigenvalue weighted by Crippen LogP contribution is 2.28. The highest BCUT2D eigenvalue weighted by atomic mass is 32.1. The lowest BCUT2D eigenvalue weighted by Crippen LogP contribution is -2.10. The van der Waals surface area contributed by atoms with Crippen LogP contribution in [0.1, 0.15) is 10.7 Å². The van der Waals surface area contributed by atoms with Gasteiger partial charge in [-0.1, -0.05) is 6.07 Å². The van der Waals surface area contributed by atoms with Gasteiger partial charge in [-0.3, -0.25) is 0 Å². The molecule has 90 valence electrons. The summed E-state index contributed by atoms with van der Waals surface area (Å²) < 4.78 is 37.1. The van der Waals surface area contributed by atoms with Gasteiger partial charge in [-0.05, 0) is 12.1 Å². The number of rotatable bonds is 3. The van der Waals surface area contributed by atoms with Crippen molar-refractivity contribution >= 4 is 17.2 Å². The number of nitrogens with one attached hydrogen (secondary N) is 1. The molecule has 2 heterocycles. The number of aromatic nitrogens is 2. The van der Waals surface area contributed by atoms with Gasteiger partial charge in [0.1, 0.15) is 16.5 Å². The molecule has 3 nitrogen and oxygen atoms in total. The van der Waals surface area contributed by atoms with Crippen molar-refractivity contribution in [3.8, 4) is 0 Å². The molecular formula is C10H8F3N3S. The van der Waals surface area contributed by atoms with Crippen LogP contribution in [0.4, 0.5) is 19.0 Å². The summed E-state index contributed by atoms with van der Waals surface area (Å²) in [5.41, 5.74) is -0.901. The summed E-state index contributed by atoms with van der Waals surface area (Å²) in [6, 6.07) is 3.75. The van der Waals surface area contributed by atoms with Crippen LogP contribution < -0.4 is 5.32 Å². The van der Waals surface area contributed by atoms with Gasteiger partial charge < -0.3 is 5.32 Å². The predicted molar refractivity (Wildman–Crippen MR) is 58.7 cm³/mol. The number of pyridine rings is 1. The molecule has 2 aromatic heterocycles. The molecule has 0 aliphatic rings. The average molecular weight is 259 g/mol.